The van der Waals surface area contributed by atoms with Gasteiger partial charge in [-0.05, 0) is 43.2 Å². The lowest BCUT2D eigenvalue weighted by Crippen LogP contribution is -2.08. The van der Waals surface area contributed by atoms with E-state index >= 15 is 0 Å². The molecule has 3 aromatic rings. The minimum Gasteiger partial charge on any atom is -0.494 e. The zero-order chi connectivity index (χ0) is 17.8. The number of rotatable bonds is 7. The molecule has 0 bridgehead atoms. The van der Waals surface area contributed by atoms with E-state index in [4.69, 9.17) is 9.47 Å². The van der Waals surface area contributed by atoms with Crippen LogP contribution in [0.5, 0.6) is 17.4 Å². The molecule has 26 heavy (non-hydrogen) atoms. The fourth-order valence-electron chi connectivity index (χ4n) is 2.94. The summed E-state index contributed by atoms with van der Waals surface area (Å²) in [6.45, 7) is 2.68. The molecule has 0 saturated heterocycles. The predicted octanol–water partition coefficient (Wildman–Crippen LogP) is 4.64. The van der Waals surface area contributed by atoms with E-state index in [-0.39, 0.29) is 0 Å². The Labute approximate surface area is 153 Å². The van der Waals surface area contributed by atoms with Gasteiger partial charge in [0.1, 0.15) is 11.5 Å². The van der Waals surface area contributed by atoms with Crippen molar-refractivity contribution in [1.82, 2.24) is 9.97 Å². The Morgan fingerprint density at radius 2 is 1.81 bits per heavy atom. The molecule has 4 rings (SSSR count). The van der Waals surface area contributed by atoms with Crippen LogP contribution in [0.3, 0.4) is 0 Å². The maximum atomic E-state index is 5.76. The Hall–Kier alpha value is -3.08. The minimum absolute atomic E-state index is 0.347. The van der Waals surface area contributed by atoms with Gasteiger partial charge in [-0.3, -0.25) is 0 Å². The van der Waals surface area contributed by atoms with E-state index in [1.54, 1.807) is 12.3 Å². The summed E-state index contributed by atoms with van der Waals surface area (Å²) >= 11 is 0. The molecule has 1 aliphatic carbocycles. The molecular formula is C21H21N3O2. The number of aromatic nitrogens is 2. The van der Waals surface area contributed by atoms with E-state index in [0.29, 0.717) is 30.4 Å². The average Bonchev–Trinajstić information content (AvgIpc) is 3.43. The normalized spacial score (nSPS) is 18.2. The molecule has 0 radical (unpaired) electrons. The van der Waals surface area contributed by atoms with Gasteiger partial charge < -0.3 is 14.8 Å². The molecule has 1 N–H and O–H groups in total. The summed E-state index contributed by atoms with van der Waals surface area (Å²) in [5, 5.41) is 3.40. The van der Waals surface area contributed by atoms with Crippen LogP contribution in [0.15, 0.2) is 66.9 Å². The highest BCUT2D eigenvalue weighted by Crippen LogP contribution is 2.42. The van der Waals surface area contributed by atoms with Crippen molar-refractivity contribution in [3.63, 3.8) is 0 Å². The molecule has 1 heterocycles. The first-order valence-corrected chi connectivity index (χ1v) is 8.87. The minimum atomic E-state index is 0.347. The number of ether oxygens (including phenoxy) is 2. The molecule has 132 valence electrons. The third-order valence-corrected chi connectivity index (χ3v) is 4.32. The molecule has 2 aromatic carbocycles. The molecule has 1 aromatic heterocycles. The smallest absolute Gasteiger partial charge is 0.226 e. The van der Waals surface area contributed by atoms with E-state index in [0.717, 1.165) is 17.9 Å². The van der Waals surface area contributed by atoms with Crippen LogP contribution in [0.1, 0.15) is 24.8 Å². The molecule has 5 heteroatoms. The molecule has 2 atom stereocenters. The number of nitrogens with zero attached hydrogens (tertiary/aromatic N) is 2. The van der Waals surface area contributed by atoms with Gasteiger partial charge >= 0.3 is 0 Å². The Morgan fingerprint density at radius 1 is 1.00 bits per heavy atom. The van der Waals surface area contributed by atoms with Crippen molar-refractivity contribution in [3.8, 4) is 17.4 Å². The fraction of sp³-hybridized carbons (Fsp3) is 0.238. The highest BCUT2D eigenvalue weighted by molar-refractivity contribution is 5.40. The van der Waals surface area contributed by atoms with Crippen molar-refractivity contribution in [2.45, 2.75) is 25.3 Å². The van der Waals surface area contributed by atoms with Crippen LogP contribution in [-0.2, 0) is 0 Å². The summed E-state index contributed by atoms with van der Waals surface area (Å²) < 4.78 is 11.3. The molecule has 1 saturated carbocycles. The summed E-state index contributed by atoms with van der Waals surface area (Å²) in [6, 6.07) is 20.0. The van der Waals surface area contributed by atoms with E-state index in [1.165, 1.54) is 5.56 Å². The number of nitrogens with one attached hydrogen (secondary N) is 1. The summed E-state index contributed by atoms with van der Waals surface area (Å²) in [7, 11) is 0. The SMILES string of the molecule is CCOc1ccc([C@@H]2C[C@H]2Nc2nccc(Oc3ccccc3)n2)cc1. The van der Waals surface area contributed by atoms with Crippen LogP contribution < -0.4 is 14.8 Å². The van der Waals surface area contributed by atoms with Crippen molar-refractivity contribution >= 4 is 5.95 Å². The topological polar surface area (TPSA) is 56.3 Å². The van der Waals surface area contributed by atoms with Gasteiger partial charge in [0.25, 0.3) is 0 Å². The maximum Gasteiger partial charge on any atom is 0.226 e. The van der Waals surface area contributed by atoms with Crippen molar-refractivity contribution < 1.29 is 9.47 Å². The molecule has 1 aliphatic rings. The Morgan fingerprint density at radius 3 is 2.58 bits per heavy atom. The van der Waals surface area contributed by atoms with Gasteiger partial charge in [0.2, 0.25) is 11.8 Å². The summed E-state index contributed by atoms with van der Waals surface area (Å²) in [5.41, 5.74) is 1.31. The second kappa shape index (κ2) is 7.44. The lowest BCUT2D eigenvalue weighted by atomic mass is 10.1. The first-order valence-electron chi connectivity index (χ1n) is 8.87. The molecule has 0 spiro atoms. The van der Waals surface area contributed by atoms with Crippen LogP contribution in [0.25, 0.3) is 0 Å². The van der Waals surface area contributed by atoms with Gasteiger partial charge in [0.15, 0.2) is 0 Å². The monoisotopic (exact) mass is 347 g/mol. The lowest BCUT2D eigenvalue weighted by molar-refractivity contribution is 0.340. The van der Waals surface area contributed by atoms with E-state index in [9.17, 15) is 0 Å². The standard InChI is InChI=1S/C21H21N3O2/c1-2-25-16-10-8-15(9-11-16)18-14-19(18)23-21-22-13-12-20(24-21)26-17-6-4-3-5-7-17/h3-13,18-19H,2,14H2,1H3,(H,22,23,24)/t18-,19+/m0/s1. The van der Waals surface area contributed by atoms with Crippen molar-refractivity contribution in [1.29, 1.82) is 0 Å². The molecule has 0 aliphatic heterocycles. The van der Waals surface area contributed by atoms with Crippen LogP contribution >= 0.6 is 0 Å². The third kappa shape index (κ3) is 3.94. The zero-order valence-electron chi connectivity index (χ0n) is 14.6. The number of para-hydroxylation sites is 1. The number of hydrogen-bond acceptors (Lipinski definition) is 5. The van der Waals surface area contributed by atoms with Gasteiger partial charge in [0.05, 0.1) is 6.61 Å². The quantitative estimate of drug-likeness (QED) is 0.675. The van der Waals surface area contributed by atoms with Gasteiger partial charge in [-0.25, -0.2) is 4.98 Å². The third-order valence-electron chi connectivity index (χ3n) is 4.32. The lowest BCUT2D eigenvalue weighted by Gasteiger charge is -2.08. The van der Waals surface area contributed by atoms with Gasteiger partial charge in [-0.15, -0.1) is 0 Å². The largest absolute Gasteiger partial charge is 0.494 e. The molecule has 5 nitrogen and oxygen atoms in total. The second-order valence-corrected chi connectivity index (χ2v) is 6.23. The summed E-state index contributed by atoms with van der Waals surface area (Å²) in [6.07, 6.45) is 2.78. The molecular weight excluding hydrogens is 326 g/mol. The fourth-order valence-corrected chi connectivity index (χ4v) is 2.94. The first kappa shape index (κ1) is 16.4. The van der Waals surface area contributed by atoms with E-state index in [2.05, 4.69) is 27.4 Å². The van der Waals surface area contributed by atoms with Crippen LogP contribution in [0.4, 0.5) is 5.95 Å². The molecule has 0 unspecified atom stereocenters. The van der Waals surface area contributed by atoms with Crippen molar-refractivity contribution in [3.05, 3.63) is 72.4 Å². The zero-order valence-corrected chi connectivity index (χ0v) is 14.6. The Bertz CT molecular complexity index is 853. The van der Waals surface area contributed by atoms with Crippen LogP contribution in [-0.4, -0.2) is 22.6 Å². The molecule has 1 fully saturated rings. The van der Waals surface area contributed by atoms with E-state index < -0.39 is 0 Å². The predicted molar refractivity (Wildman–Crippen MR) is 101 cm³/mol. The Balaban J connectivity index is 1.37. The van der Waals surface area contributed by atoms with Gasteiger partial charge in [-0.1, -0.05) is 30.3 Å². The summed E-state index contributed by atoms with van der Waals surface area (Å²) in [4.78, 5) is 8.76. The maximum absolute atomic E-state index is 5.76. The molecule has 0 amide bonds. The number of anilines is 1. The second-order valence-electron chi connectivity index (χ2n) is 6.23. The highest BCUT2D eigenvalue weighted by atomic mass is 16.5. The summed E-state index contributed by atoms with van der Waals surface area (Å²) in [5.74, 6) is 3.28. The number of hydrogen-bond donors (Lipinski definition) is 1. The van der Waals surface area contributed by atoms with Crippen molar-refractivity contribution in [2.24, 2.45) is 0 Å². The average molecular weight is 347 g/mol. The Kier molecular flexibility index (Phi) is 4.69. The van der Waals surface area contributed by atoms with Crippen LogP contribution in [0, 0.1) is 0 Å². The van der Waals surface area contributed by atoms with Gasteiger partial charge in [0, 0.05) is 24.2 Å². The number of benzene rings is 2. The van der Waals surface area contributed by atoms with Crippen LogP contribution in [0.2, 0.25) is 0 Å². The van der Waals surface area contributed by atoms with Gasteiger partial charge in [-0.2, -0.15) is 4.98 Å². The first-order chi connectivity index (χ1) is 12.8. The highest BCUT2D eigenvalue weighted by Gasteiger charge is 2.38. The van der Waals surface area contributed by atoms with Crippen molar-refractivity contribution in [2.75, 3.05) is 11.9 Å². The van der Waals surface area contributed by atoms with E-state index in [1.807, 2.05) is 49.4 Å².